The smallest absolute Gasteiger partial charge is 0.367 e. The molecule has 1 N–H and O–H groups in total. The number of benzene rings is 1. The highest BCUT2D eigenvalue weighted by Gasteiger charge is 2.52. The van der Waals surface area contributed by atoms with Gasteiger partial charge in [0.25, 0.3) is 0 Å². The highest BCUT2D eigenvalue weighted by Crippen LogP contribution is 2.48. The van der Waals surface area contributed by atoms with E-state index in [0.29, 0.717) is 16.7 Å². The topological polar surface area (TPSA) is 55.5 Å². The second-order valence-corrected chi connectivity index (χ2v) is 6.45. The second-order valence-electron chi connectivity index (χ2n) is 6.45. The summed E-state index contributed by atoms with van der Waals surface area (Å²) in [6.45, 7) is 0. The standard InChI is InChI=1S/C18H17F4NO4/c1-24-16-14(26-16)9-6-23-7-10(15-17(25-2)27-15)13(9)8-3-4-12(19)11(5-8)18(20,21)22/h3-7,13-17,23H,1-2H3. The van der Waals surface area contributed by atoms with Gasteiger partial charge in [0.05, 0.1) is 5.56 Å². The molecule has 27 heavy (non-hydrogen) atoms. The number of ether oxygens (including phenoxy) is 4. The van der Waals surface area contributed by atoms with Crippen molar-refractivity contribution < 1.29 is 36.5 Å². The van der Waals surface area contributed by atoms with Crippen molar-refractivity contribution in [2.45, 2.75) is 36.9 Å². The Bertz CT molecular complexity index is 773. The normalized spacial score (nSPS) is 32.4. The lowest BCUT2D eigenvalue weighted by Gasteiger charge is -2.26. The van der Waals surface area contributed by atoms with Crippen LogP contribution in [0.3, 0.4) is 0 Å². The molecule has 4 atom stereocenters. The molecular formula is C18H17F4NO4. The molecule has 0 aromatic heterocycles. The maximum atomic E-state index is 13.8. The van der Waals surface area contributed by atoms with Gasteiger partial charge in [0, 0.05) is 32.5 Å². The number of hydrogen-bond acceptors (Lipinski definition) is 5. The molecule has 9 heteroatoms. The van der Waals surface area contributed by atoms with Crippen molar-refractivity contribution in [2.24, 2.45) is 0 Å². The van der Waals surface area contributed by atoms with Gasteiger partial charge < -0.3 is 24.3 Å². The minimum absolute atomic E-state index is 0.290. The summed E-state index contributed by atoms with van der Waals surface area (Å²) in [4.78, 5) is 0. The molecule has 0 spiro atoms. The summed E-state index contributed by atoms with van der Waals surface area (Å²) in [5.74, 6) is -1.89. The number of methoxy groups -OCH3 is 2. The molecule has 0 radical (unpaired) electrons. The molecule has 3 aliphatic heterocycles. The zero-order valence-corrected chi connectivity index (χ0v) is 14.4. The molecule has 4 rings (SSSR count). The average molecular weight is 387 g/mol. The molecule has 4 unspecified atom stereocenters. The molecule has 0 saturated carbocycles. The highest BCUT2D eigenvalue weighted by atomic mass is 19.4. The van der Waals surface area contributed by atoms with E-state index < -0.39 is 48.3 Å². The van der Waals surface area contributed by atoms with Crippen LogP contribution in [0.25, 0.3) is 0 Å². The summed E-state index contributed by atoms with van der Waals surface area (Å²) in [6.07, 6.45) is -3.22. The van der Waals surface area contributed by atoms with Crippen LogP contribution in [0, 0.1) is 5.82 Å². The van der Waals surface area contributed by atoms with Crippen molar-refractivity contribution in [1.82, 2.24) is 5.32 Å². The molecule has 5 nitrogen and oxygen atoms in total. The predicted octanol–water partition coefficient (Wildman–Crippen LogP) is 3.04. The van der Waals surface area contributed by atoms with E-state index in [2.05, 4.69) is 5.32 Å². The summed E-state index contributed by atoms with van der Waals surface area (Å²) >= 11 is 0. The van der Waals surface area contributed by atoms with Crippen molar-refractivity contribution in [3.05, 3.63) is 58.7 Å². The van der Waals surface area contributed by atoms with Gasteiger partial charge in [-0.3, -0.25) is 0 Å². The lowest BCUT2D eigenvalue weighted by molar-refractivity contribution is -0.140. The highest BCUT2D eigenvalue weighted by molar-refractivity contribution is 5.48. The Balaban J connectivity index is 1.74. The Hall–Kier alpha value is -1.94. The molecule has 3 heterocycles. The van der Waals surface area contributed by atoms with E-state index in [1.54, 1.807) is 12.4 Å². The van der Waals surface area contributed by atoms with Gasteiger partial charge in [0.1, 0.15) is 18.0 Å². The van der Waals surface area contributed by atoms with Gasteiger partial charge in [-0.25, -0.2) is 4.39 Å². The Kier molecular flexibility index (Phi) is 4.50. The minimum atomic E-state index is -4.79. The van der Waals surface area contributed by atoms with Crippen LogP contribution < -0.4 is 5.32 Å². The van der Waals surface area contributed by atoms with Crippen molar-refractivity contribution in [3.63, 3.8) is 0 Å². The van der Waals surface area contributed by atoms with E-state index in [4.69, 9.17) is 18.9 Å². The van der Waals surface area contributed by atoms with Crippen molar-refractivity contribution in [1.29, 1.82) is 0 Å². The molecule has 2 saturated heterocycles. The third kappa shape index (κ3) is 3.36. The SMILES string of the molecule is COC1OC1C1=CNC=C(C2OC2OC)C1c1ccc(F)c(C(F)(F)F)c1. The van der Waals surface area contributed by atoms with Crippen LogP contribution in [0.1, 0.15) is 17.0 Å². The van der Waals surface area contributed by atoms with E-state index in [9.17, 15) is 17.6 Å². The fourth-order valence-corrected chi connectivity index (χ4v) is 3.44. The molecule has 0 bridgehead atoms. The fraction of sp³-hybridized carbons (Fsp3) is 0.444. The van der Waals surface area contributed by atoms with Crippen LogP contribution in [0.2, 0.25) is 0 Å². The predicted molar refractivity (Wildman–Crippen MR) is 84.8 cm³/mol. The maximum Gasteiger partial charge on any atom is 0.419 e. The van der Waals surface area contributed by atoms with E-state index in [1.807, 2.05) is 0 Å². The zero-order valence-electron chi connectivity index (χ0n) is 14.4. The quantitative estimate of drug-likeness (QED) is 0.622. The van der Waals surface area contributed by atoms with Crippen LogP contribution in [-0.4, -0.2) is 39.0 Å². The molecular weight excluding hydrogens is 370 g/mol. The number of dihydropyridines is 1. The van der Waals surface area contributed by atoms with Crippen LogP contribution >= 0.6 is 0 Å². The monoisotopic (exact) mass is 387 g/mol. The Morgan fingerprint density at radius 3 is 1.96 bits per heavy atom. The van der Waals surface area contributed by atoms with Crippen molar-refractivity contribution >= 4 is 0 Å². The maximum absolute atomic E-state index is 13.8. The zero-order chi connectivity index (χ0) is 19.3. The molecule has 0 amide bonds. The number of halogens is 4. The minimum Gasteiger partial charge on any atom is -0.367 e. The largest absolute Gasteiger partial charge is 0.419 e. The van der Waals surface area contributed by atoms with E-state index in [1.165, 1.54) is 20.3 Å². The van der Waals surface area contributed by atoms with Crippen molar-refractivity contribution in [3.8, 4) is 0 Å². The van der Waals surface area contributed by atoms with E-state index >= 15 is 0 Å². The number of alkyl halides is 3. The summed E-state index contributed by atoms with van der Waals surface area (Å²) in [5, 5.41) is 2.98. The van der Waals surface area contributed by atoms with Crippen LogP contribution in [0.15, 0.2) is 41.7 Å². The van der Waals surface area contributed by atoms with Gasteiger partial charge in [-0.1, -0.05) is 6.07 Å². The molecule has 146 valence electrons. The van der Waals surface area contributed by atoms with Gasteiger partial charge in [0.15, 0.2) is 12.6 Å². The summed E-state index contributed by atoms with van der Waals surface area (Å²) in [5.41, 5.74) is 0.351. The third-order valence-corrected chi connectivity index (χ3v) is 4.82. The first kappa shape index (κ1) is 18.4. The first-order valence-corrected chi connectivity index (χ1v) is 8.24. The van der Waals surface area contributed by atoms with Gasteiger partial charge in [-0.05, 0) is 28.8 Å². The van der Waals surface area contributed by atoms with Crippen LogP contribution in [0.4, 0.5) is 17.6 Å². The van der Waals surface area contributed by atoms with Gasteiger partial charge >= 0.3 is 6.18 Å². The molecule has 3 aliphatic rings. The van der Waals surface area contributed by atoms with Gasteiger partial charge in [-0.2, -0.15) is 13.2 Å². The second kappa shape index (κ2) is 6.59. The molecule has 2 fully saturated rings. The third-order valence-electron chi connectivity index (χ3n) is 4.82. The number of nitrogens with one attached hydrogen (secondary N) is 1. The molecule has 1 aromatic carbocycles. The number of rotatable bonds is 5. The van der Waals surface area contributed by atoms with Crippen LogP contribution in [-0.2, 0) is 25.1 Å². The Labute approximate surface area is 152 Å². The summed E-state index contributed by atoms with van der Waals surface area (Å²) < 4.78 is 74.6. The lowest BCUT2D eigenvalue weighted by Crippen LogP contribution is -2.24. The van der Waals surface area contributed by atoms with E-state index in [0.717, 1.165) is 12.1 Å². The Morgan fingerprint density at radius 1 is 0.963 bits per heavy atom. The molecule has 1 aromatic rings. The number of epoxide rings is 2. The van der Waals surface area contributed by atoms with Gasteiger partial charge in [-0.15, -0.1) is 0 Å². The summed E-state index contributed by atoms with van der Waals surface area (Å²) in [7, 11) is 2.97. The van der Waals surface area contributed by atoms with Gasteiger partial charge in [0.2, 0.25) is 0 Å². The first-order chi connectivity index (χ1) is 12.8. The first-order valence-electron chi connectivity index (χ1n) is 8.24. The fourth-order valence-electron chi connectivity index (χ4n) is 3.44. The van der Waals surface area contributed by atoms with E-state index in [-0.39, 0.29) is 0 Å². The lowest BCUT2D eigenvalue weighted by atomic mass is 9.80. The average Bonchev–Trinajstić information content (AvgIpc) is 3.54. The van der Waals surface area contributed by atoms with Crippen LogP contribution in [0.5, 0.6) is 0 Å². The summed E-state index contributed by atoms with van der Waals surface area (Å²) in [6, 6.07) is 3.01. The van der Waals surface area contributed by atoms with Crippen molar-refractivity contribution in [2.75, 3.05) is 14.2 Å². The number of hydrogen-bond donors (Lipinski definition) is 1. The Morgan fingerprint density at radius 2 is 1.52 bits per heavy atom. The molecule has 0 aliphatic carbocycles.